The van der Waals surface area contributed by atoms with Gasteiger partial charge in [-0.1, -0.05) is 0 Å². The first-order valence-electron chi connectivity index (χ1n) is 5.99. The molecular formula is C12H18N4O. The minimum Gasteiger partial charge on any atom is -0.350 e. The number of hydrogen-bond donors (Lipinski definition) is 2. The van der Waals surface area contributed by atoms with E-state index in [9.17, 15) is 4.79 Å². The van der Waals surface area contributed by atoms with Crippen molar-refractivity contribution in [1.29, 1.82) is 0 Å². The van der Waals surface area contributed by atoms with Crippen molar-refractivity contribution in [2.75, 3.05) is 13.1 Å². The van der Waals surface area contributed by atoms with E-state index < -0.39 is 0 Å². The lowest BCUT2D eigenvalue weighted by molar-refractivity contribution is -0.122. The molecule has 2 heterocycles. The summed E-state index contributed by atoms with van der Waals surface area (Å²) in [7, 11) is 0. The molecule has 1 aromatic rings. The SMILES string of the molecule is Cc1cnc(CNC(=O)CC2CCNC2)cn1. The van der Waals surface area contributed by atoms with Gasteiger partial charge < -0.3 is 10.6 Å². The average Bonchev–Trinajstić information content (AvgIpc) is 2.81. The molecule has 1 aliphatic rings. The topological polar surface area (TPSA) is 66.9 Å². The number of amides is 1. The first kappa shape index (κ1) is 12.0. The van der Waals surface area contributed by atoms with E-state index in [2.05, 4.69) is 20.6 Å². The van der Waals surface area contributed by atoms with E-state index in [1.807, 2.05) is 6.92 Å². The highest BCUT2D eigenvalue weighted by Crippen LogP contribution is 2.11. The fraction of sp³-hybridized carbons (Fsp3) is 0.583. The minimum atomic E-state index is 0.0982. The van der Waals surface area contributed by atoms with Gasteiger partial charge in [-0.2, -0.15) is 0 Å². The Morgan fingerprint density at radius 3 is 3.06 bits per heavy atom. The normalized spacial score (nSPS) is 19.2. The lowest BCUT2D eigenvalue weighted by atomic mass is 10.0. The molecule has 0 saturated carbocycles. The Hall–Kier alpha value is -1.49. The lowest BCUT2D eigenvalue weighted by Gasteiger charge is -2.08. The van der Waals surface area contributed by atoms with E-state index in [0.717, 1.165) is 30.9 Å². The second-order valence-corrected chi connectivity index (χ2v) is 4.49. The summed E-state index contributed by atoms with van der Waals surface area (Å²) in [6.45, 7) is 4.34. The number of hydrogen-bond acceptors (Lipinski definition) is 4. The van der Waals surface area contributed by atoms with Crippen molar-refractivity contribution in [3.8, 4) is 0 Å². The van der Waals surface area contributed by atoms with E-state index in [1.54, 1.807) is 12.4 Å². The molecule has 1 fully saturated rings. The Balaban J connectivity index is 1.73. The summed E-state index contributed by atoms with van der Waals surface area (Å²) in [6.07, 6.45) is 5.11. The third-order valence-electron chi connectivity index (χ3n) is 2.94. The standard InChI is InChI=1S/C12H18N4O/c1-9-5-15-11(7-14-9)8-16-12(17)4-10-2-3-13-6-10/h5,7,10,13H,2-4,6,8H2,1H3,(H,16,17). The van der Waals surface area contributed by atoms with Gasteiger partial charge in [-0.25, -0.2) is 0 Å². The number of aryl methyl sites for hydroxylation is 1. The van der Waals surface area contributed by atoms with Gasteiger partial charge in [0, 0.05) is 12.6 Å². The van der Waals surface area contributed by atoms with E-state index in [4.69, 9.17) is 0 Å². The van der Waals surface area contributed by atoms with Crippen LogP contribution in [-0.2, 0) is 11.3 Å². The number of nitrogens with zero attached hydrogens (tertiary/aromatic N) is 2. The number of carbonyl (C=O) groups is 1. The fourth-order valence-electron chi connectivity index (χ4n) is 1.92. The molecule has 0 bridgehead atoms. The first-order chi connectivity index (χ1) is 8.24. The van der Waals surface area contributed by atoms with E-state index >= 15 is 0 Å². The van der Waals surface area contributed by atoms with Gasteiger partial charge in [0.05, 0.1) is 24.1 Å². The van der Waals surface area contributed by atoms with Crippen LogP contribution < -0.4 is 10.6 Å². The molecule has 0 spiro atoms. The molecule has 5 heteroatoms. The second kappa shape index (κ2) is 5.72. The predicted octanol–water partition coefficient (Wildman–Crippen LogP) is 0.401. The van der Waals surface area contributed by atoms with Gasteiger partial charge in [0.25, 0.3) is 0 Å². The molecule has 1 saturated heterocycles. The van der Waals surface area contributed by atoms with Crippen LogP contribution in [0.1, 0.15) is 24.2 Å². The average molecular weight is 234 g/mol. The highest BCUT2D eigenvalue weighted by molar-refractivity contribution is 5.76. The molecule has 5 nitrogen and oxygen atoms in total. The summed E-state index contributed by atoms with van der Waals surface area (Å²) in [5.74, 6) is 0.583. The minimum absolute atomic E-state index is 0.0982. The zero-order valence-electron chi connectivity index (χ0n) is 10.1. The smallest absolute Gasteiger partial charge is 0.220 e. The van der Waals surface area contributed by atoms with Gasteiger partial charge >= 0.3 is 0 Å². The summed E-state index contributed by atoms with van der Waals surface area (Å²) < 4.78 is 0. The monoisotopic (exact) mass is 234 g/mol. The molecule has 92 valence electrons. The van der Waals surface area contributed by atoms with E-state index in [1.165, 1.54) is 0 Å². The maximum absolute atomic E-state index is 11.7. The van der Waals surface area contributed by atoms with Crippen molar-refractivity contribution in [1.82, 2.24) is 20.6 Å². The summed E-state index contributed by atoms with van der Waals surface area (Å²) in [5, 5.41) is 6.13. The fourth-order valence-corrected chi connectivity index (χ4v) is 1.92. The Kier molecular flexibility index (Phi) is 4.03. The van der Waals surface area contributed by atoms with Crippen LogP contribution in [0, 0.1) is 12.8 Å². The van der Waals surface area contributed by atoms with Crippen LogP contribution in [0.15, 0.2) is 12.4 Å². The molecule has 0 radical (unpaired) electrons. The van der Waals surface area contributed by atoms with Crippen molar-refractivity contribution >= 4 is 5.91 Å². The van der Waals surface area contributed by atoms with Crippen LogP contribution in [0.3, 0.4) is 0 Å². The second-order valence-electron chi connectivity index (χ2n) is 4.49. The molecule has 0 aromatic carbocycles. The molecule has 2 N–H and O–H groups in total. The Labute approximate surface area is 101 Å². The van der Waals surface area contributed by atoms with Crippen molar-refractivity contribution in [3.05, 3.63) is 23.8 Å². The number of rotatable bonds is 4. The van der Waals surface area contributed by atoms with Crippen molar-refractivity contribution in [3.63, 3.8) is 0 Å². The highest BCUT2D eigenvalue weighted by atomic mass is 16.1. The quantitative estimate of drug-likeness (QED) is 0.791. The van der Waals surface area contributed by atoms with Crippen LogP contribution >= 0.6 is 0 Å². The van der Waals surface area contributed by atoms with Crippen molar-refractivity contribution in [2.45, 2.75) is 26.3 Å². The maximum Gasteiger partial charge on any atom is 0.220 e. The van der Waals surface area contributed by atoms with Crippen molar-refractivity contribution < 1.29 is 4.79 Å². The summed E-state index contributed by atoms with van der Waals surface area (Å²) >= 11 is 0. The lowest BCUT2D eigenvalue weighted by Crippen LogP contribution is -2.26. The zero-order valence-corrected chi connectivity index (χ0v) is 10.1. The molecule has 1 atom stereocenters. The van der Waals surface area contributed by atoms with E-state index in [-0.39, 0.29) is 5.91 Å². The largest absolute Gasteiger partial charge is 0.350 e. The van der Waals surface area contributed by atoms with Crippen LogP contribution in [0.25, 0.3) is 0 Å². The molecule has 1 aromatic heterocycles. The summed E-state index contributed by atoms with van der Waals surface area (Å²) in [4.78, 5) is 20.0. The number of carbonyl (C=O) groups excluding carboxylic acids is 1. The molecule has 1 amide bonds. The number of aromatic nitrogens is 2. The molecule has 17 heavy (non-hydrogen) atoms. The molecule has 1 aliphatic heterocycles. The van der Waals surface area contributed by atoms with Gasteiger partial charge in [-0.3, -0.25) is 14.8 Å². The number of nitrogens with one attached hydrogen (secondary N) is 2. The molecule has 0 aliphatic carbocycles. The zero-order chi connectivity index (χ0) is 12.1. The van der Waals surface area contributed by atoms with Gasteiger partial charge in [0.15, 0.2) is 0 Å². The van der Waals surface area contributed by atoms with Gasteiger partial charge in [-0.15, -0.1) is 0 Å². The van der Waals surface area contributed by atoms with Crippen LogP contribution in [0.5, 0.6) is 0 Å². The third kappa shape index (κ3) is 3.78. The van der Waals surface area contributed by atoms with Gasteiger partial charge in [0.2, 0.25) is 5.91 Å². The Morgan fingerprint density at radius 1 is 1.53 bits per heavy atom. The predicted molar refractivity (Wildman–Crippen MR) is 64.2 cm³/mol. The Morgan fingerprint density at radius 2 is 2.41 bits per heavy atom. The summed E-state index contributed by atoms with van der Waals surface area (Å²) in [6, 6.07) is 0. The van der Waals surface area contributed by atoms with Crippen molar-refractivity contribution in [2.24, 2.45) is 5.92 Å². The maximum atomic E-state index is 11.7. The van der Waals surface area contributed by atoms with Crippen LogP contribution in [0.4, 0.5) is 0 Å². The van der Waals surface area contributed by atoms with Gasteiger partial charge in [0.1, 0.15) is 0 Å². The highest BCUT2D eigenvalue weighted by Gasteiger charge is 2.17. The summed E-state index contributed by atoms with van der Waals surface area (Å²) in [5.41, 5.74) is 1.69. The van der Waals surface area contributed by atoms with Crippen LogP contribution in [0.2, 0.25) is 0 Å². The Bertz CT molecular complexity index is 371. The van der Waals surface area contributed by atoms with E-state index in [0.29, 0.717) is 18.9 Å². The van der Waals surface area contributed by atoms with Crippen LogP contribution in [-0.4, -0.2) is 29.0 Å². The molecular weight excluding hydrogens is 216 g/mol. The first-order valence-corrected chi connectivity index (χ1v) is 5.99. The third-order valence-corrected chi connectivity index (χ3v) is 2.94. The van der Waals surface area contributed by atoms with Gasteiger partial charge in [-0.05, 0) is 32.4 Å². The molecule has 1 unspecified atom stereocenters. The molecule has 2 rings (SSSR count).